The molecule has 16 heavy (non-hydrogen) atoms. The third-order valence-corrected chi connectivity index (χ3v) is 2.51. The van der Waals surface area contributed by atoms with Gasteiger partial charge in [-0.05, 0) is 26.0 Å². The highest BCUT2D eigenvalue weighted by molar-refractivity contribution is 5.66. The van der Waals surface area contributed by atoms with Gasteiger partial charge in [0.2, 0.25) is 0 Å². The van der Waals surface area contributed by atoms with Gasteiger partial charge < -0.3 is 5.32 Å². The molecule has 0 radical (unpaired) electrons. The SMILES string of the molecule is CNc1ncnc(-c2ccc(C)nc2)c1C. The van der Waals surface area contributed by atoms with Crippen molar-refractivity contribution in [3.05, 3.63) is 35.9 Å². The molecule has 0 aliphatic carbocycles. The van der Waals surface area contributed by atoms with Crippen LogP contribution in [0.25, 0.3) is 11.3 Å². The lowest BCUT2D eigenvalue weighted by Gasteiger charge is -2.08. The maximum atomic E-state index is 4.30. The van der Waals surface area contributed by atoms with Crippen LogP contribution in [0.2, 0.25) is 0 Å². The number of anilines is 1. The predicted octanol–water partition coefficient (Wildman–Crippen LogP) is 2.20. The van der Waals surface area contributed by atoms with Crippen LogP contribution in [0.15, 0.2) is 24.7 Å². The molecule has 0 saturated carbocycles. The van der Waals surface area contributed by atoms with Crippen molar-refractivity contribution >= 4 is 5.82 Å². The van der Waals surface area contributed by atoms with Crippen molar-refractivity contribution in [1.29, 1.82) is 0 Å². The molecule has 4 heteroatoms. The molecule has 1 N–H and O–H groups in total. The average molecular weight is 214 g/mol. The van der Waals surface area contributed by atoms with Crippen LogP contribution >= 0.6 is 0 Å². The molecule has 2 aromatic rings. The van der Waals surface area contributed by atoms with Crippen LogP contribution in [0.4, 0.5) is 5.82 Å². The highest BCUT2D eigenvalue weighted by Gasteiger charge is 2.07. The first kappa shape index (κ1) is 10.5. The molecule has 2 heterocycles. The van der Waals surface area contributed by atoms with Gasteiger partial charge in [0.15, 0.2) is 0 Å². The van der Waals surface area contributed by atoms with Crippen molar-refractivity contribution in [2.45, 2.75) is 13.8 Å². The number of aromatic nitrogens is 3. The molecular weight excluding hydrogens is 200 g/mol. The van der Waals surface area contributed by atoms with Gasteiger partial charge in [-0.25, -0.2) is 9.97 Å². The van der Waals surface area contributed by atoms with Gasteiger partial charge >= 0.3 is 0 Å². The lowest BCUT2D eigenvalue weighted by atomic mass is 10.1. The van der Waals surface area contributed by atoms with Crippen molar-refractivity contribution in [3.63, 3.8) is 0 Å². The Morgan fingerprint density at radius 2 is 1.88 bits per heavy atom. The number of nitrogens with one attached hydrogen (secondary N) is 1. The summed E-state index contributed by atoms with van der Waals surface area (Å²) in [4.78, 5) is 12.7. The van der Waals surface area contributed by atoms with E-state index in [1.54, 1.807) is 6.33 Å². The summed E-state index contributed by atoms with van der Waals surface area (Å²) in [5.74, 6) is 0.852. The lowest BCUT2D eigenvalue weighted by Crippen LogP contribution is -1.99. The quantitative estimate of drug-likeness (QED) is 0.832. The molecule has 0 aromatic carbocycles. The molecule has 2 aromatic heterocycles. The zero-order chi connectivity index (χ0) is 11.5. The monoisotopic (exact) mass is 214 g/mol. The van der Waals surface area contributed by atoms with Gasteiger partial charge in [0.25, 0.3) is 0 Å². The summed E-state index contributed by atoms with van der Waals surface area (Å²) in [6.07, 6.45) is 3.40. The third kappa shape index (κ3) is 1.86. The molecule has 2 rings (SSSR count). The molecular formula is C12H14N4. The maximum Gasteiger partial charge on any atom is 0.132 e. The minimum atomic E-state index is 0.852. The summed E-state index contributed by atoms with van der Waals surface area (Å²) in [5, 5.41) is 3.05. The Balaban J connectivity index is 2.51. The number of pyridine rings is 1. The fourth-order valence-electron chi connectivity index (χ4n) is 1.60. The Morgan fingerprint density at radius 3 is 2.50 bits per heavy atom. The predicted molar refractivity (Wildman–Crippen MR) is 64.3 cm³/mol. The van der Waals surface area contributed by atoms with Crippen LogP contribution in [0.1, 0.15) is 11.3 Å². The summed E-state index contributed by atoms with van der Waals surface area (Å²) in [6, 6.07) is 4.01. The number of nitrogens with zero attached hydrogens (tertiary/aromatic N) is 3. The van der Waals surface area contributed by atoms with E-state index in [1.807, 2.05) is 39.2 Å². The fraction of sp³-hybridized carbons (Fsp3) is 0.250. The molecule has 0 aliphatic heterocycles. The number of rotatable bonds is 2. The fourth-order valence-corrected chi connectivity index (χ4v) is 1.60. The van der Waals surface area contributed by atoms with Gasteiger partial charge in [0.1, 0.15) is 12.1 Å². The first-order valence-corrected chi connectivity index (χ1v) is 5.14. The molecule has 0 bridgehead atoms. The average Bonchev–Trinajstić information content (AvgIpc) is 2.31. The second-order valence-electron chi connectivity index (χ2n) is 3.63. The van der Waals surface area contributed by atoms with Gasteiger partial charge in [-0.15, -0.1) is 0 Å². The first-order chi connectivity index (χ1) is 7.72. The van der Waals surface area contributed by atoms with E-state index in [0.717, 1.165) is 28.3 Å². The van der Waals surface area contributed by atoms with E-state index in [9.17, 15) is 0 Å². The zero-order valence-electron chi connectivity index (χ0n) is 9.65. The second-order valence-corrected chi connectivity index (χ2v) is 3.63. The van der Waals surface area contributed by atoms with Crippen molar-refractivity contribution in [2.24, 2.45) is 0 Å². The Bertz CT molecular complexity index is 491. The topological polar surface area (TPSA) is 50.7 Å². The van der Waals surface area contributed by atoms with E-state index >= 15 is 0 Å². The standard InChI is InChI=1S/C12H14N4/c1-8-4-5-10(6-14-8)11-9(2)12(13-3)16-7-15-11/h4-7H,1-3H3,(H,13,15,16). The van der Waals surface area contributed by atoms with Crippen LogP contribution in [-0.4, -0.2) is 22.0 Å². The normalized spacial score (nSPS) is 10.2. The highest BCUT2D eigenvalue weighted by atomic mass is 15.0. The molecule has 82 valence electrons. The molecule has 0 unspecified atom stereocenters. The van der Waals surface area contributed by atoms with Crippen LogP contribution < -0.4 is 5.32 Å². The second kappa shape index (κ2) is 4.26. The summed E-state index contributed by atoms with van der Waals surface area (Å²) in [5.41, 5.74) is 3.98. The molecule has 4 nitrogen and oxygen atoms in total. The van der Waals surface area contributed by atoms with Crippen LogP contribution in [0.3, 0.4) is 0 Å². The van der Waals surface area contributed by atoms with E-state index in [4.69, 9.17) is 0 Å². The maximum absolute atomic E-state index is 4.30. The first-order valence-electron chi connectivity index (χ1n) is 5.14. The molecule has 0 saturated heterocycles. The van der Waals surface area contributed by atoms with E-state index in [-0.39, 0.29) is 0 Å². The Kier molecular flexibility index (Phi) is 2.81. The molecule has 0 fully saturated rings. The number of aryl methyl sites for hydroxylation is 1. The number of hydrogen-bond donors (Lipinski definition) is 1. The van der Waals surface area contributed by atoms with Crippen LogP contribution in [-0.2, 0) is 0 Å². The van der Waals surface area contributed by atoms with Crippen LogP contribution in [0, 0.1) is 13.8 Å². The third-order valence-electron chi connectivity index (χ3n) is 2.51. The summed E-state index contributed by atoms with van der Waals surface area (Å²) in [6.45, 7) is 3.97. The highest BCUT2D eigenvalue weighted by Crippen LogP contribution is 2.23. The summed E-state index contributed by atoms with van der Waals surface area (Å²) >= 11 is 0. The molecule has 0 amide bonds. The summed E-state index contributed by atoms with van der Waals surface area (Å²) < 4.78 is 0. The minimum Gasteiger partial charge on any atom is -0.373 e. The van der Waals surface area contributed by atoms with Gasteiger partial charge in [0, 0.05) is 30.1 Å². The van der Waals surface area contributed by atoms with Crippen molar-refractivity contribution in [1.82, 2.24) is 15.0 Å². The zero-order valence-corrected chi connectivity index (χ0v) is 9.65. The van der Waals surface area contributed by atoms with E-state index in [0.29, 0.717) is 0 Å². The van der Waals surface area contributed by atoms with Gasteiger partial charge in [-0.3, -0.25) is 4.98 Å². The van der Waals surface area contributed by atoms with E-state index in [2.05, 4.69) is 20.3 Å². The van der Waals surface area contributed by atoms with Crippen LogP contribution in [0.5, 0.6) is 0 Å². The largest absolute Gasteiger partial charge is 0.373 e. The molecule has 0 spiro atoms. The van der Waals surface area contributed by atoms with Crippen molar-refractivity contribution in [2.75, 3.05) is 12.4 Å². The minimum absolute atomic E-state index is 0.852. The molecule has 0 atom stereocenters. The van der Waals surface area contributed by atoms with Crippen molar-refractivity contribution < 1.29 is 0 Å². The smallest absolute Gasteiger partial charge is 0.132 e. The van der Waals surface area contributed by atoms with Gasteiger partial charge in [-0.1, -0.05) is 0 Å². The summed E-state index contributed by atoms with van der Waals surface area (Å²) in [7, 11) is 1.85. The van der Waals surface area contributed by atoms with E-state index < -0.39 is 0 Å². The Morgan fingerprint density at radius 1 is 1.06 bits per heavy atom. The van der Waals surface area contributed by atoms with Gasteiger partial charge in [0.05, 0.1) is 5.69 Å². The Hall–Kier alpha value is -1.97. The van der Waals surface area contributed by atoms with E-state index in [1.165, 1.54) is 0 Å². The Labute approximate surface area is 94.8 Å². The van der Waals surface area contributed by atoms with Gasteiger partial charge in [-0.2, -0.15) is 0 Å². The number of hydrogen-bond acceptors (Lipinski definition) is 4. The van der Waals surface area contributed by atoms with Crippen molar-refractivity contribution in [3.8, 4) is 11.3 Å². The lowest BCUT2D eigenvalue weighted by molar-refractivity contribution is 1.12. The molecule has 0 aliphatic rings.